The largest absolute Gasteiger partial charge is 0.454 e. The van der Waals surface area contributed by atoms with Gasteiger partial charge in [0.2, 0.25) is 12.7 Å². The summed E-state index contributed by atoms with van der Waals surface area (Å²) in [6.45, 7) is 2.30. The van der Waals surface area contributed by atoms with E-state index in [0.29, 0.717) is 12.7 Å². The fraction of sp³-hybridized carbons (Fsp3) is 0.609. The predicted molar refractivity (Wildman–Crippen MR) is 109 cm³/mol. The summed E-state index contributed by atoms with van der Waals surface area (Å²) in [7, 11) is 0. The van der Waals surface area contributed by atoms with Crippen molar-refractivity contribution >= 4 is 12.0 Å². The third kappa shape index (κ3) is 6.60. The van der Waals surface area contributed by atoms with E-state index in [2.05, 4.69) is 23.1 Å². The summed E-state index contributed by atoms with van der Waals surface area (Å²) in [5.41, 5.74) is 1.16. The van der Waals surface area contributed by atoms with Gasteiger partial charge in [-0.15, -0.1) is 0 Å². The Morgan fingerprint density at radius 2 is 1.67 bits per heavy atom. The topological polar surface area (TPSA) is 38.8 Å². The molecule has 0 saturated carbocycles. The van der Waals surface area contributed by atoms with Gasteiger partial charge in [-0.25, -0.2) is 0 Å². The monoisotopic (exact) mass is 371 g/mol. The van der Waals surface area contributed by atoms with E-state index in [1.807, 2.05) is 12.1 Å². The van der Waals surface area contributed by atoms with Crippen molar-refractivity contribution in [1.82, 2.24) is 4.90 Å². The van der Waals surface area contributed by atoms with E-state index in [-0.39, 0.29) is 0 Å². The van der Waals surface area contributed by atoms with Gasteiger partial charge in [0, 0.05) is 19.5 Å². The maximum Gasteiger partial charge on any atom is 0.231 e. The van der Waals surface area contributed by atoms with Crippen molar-refractivity contribution in [2.45, 2.75) is 70.6 Å². The normalized spacial score (nSPS) is 16.2. The number of benzene rings is 1. The van der Waals surface area contributed by atoms with Crippen LogP contribution in [-0.4, -0.2) is 30.7 Å². The summed E-state index contributed by atoms with van der Waals surface area (Å²) in [6.07, 6.45) is 17.2. The molecular weight excluding hydrogens is 338 g/mol. The number of carbonyl (C=O) groups is 1. The molecular formula is C23H33NO3. The molecule has 1 fully saturated rings. The molecule has 1 aromatic rings. The molecule has 0 aromatic heterocycles. The highest BCUT2D eigenvalue weighted by atomic mass is 16.7. The fourth-order valence-electron chi connectivity index (χ4n) is 3.78. The van der Waals surface area contributed by atoms with Crippen LogP contribution in [-0.2, 0) is 4.79 Å². The molecule has 27 heavy (non-hydrogen) atoms. The van der Waals surface area contributed by atoms with Gasteiger partial charge < -0.3 is 14.4 Å². The minimum atomic E-state index is 0.328. The second-order valence-corrected chi connectivity index (χ2v) is 7.62. The molecule has 1 aromatic carbocycles. The number of likely N-dealkylation sites (tertiary alicyclic amines) is 1. The molecule has 0 N–H and O–H groups in total. The summed E-state index contributed by atoms with van der Waals surface area (Å²) >= 11 is 0. The maximum atomic E-state index is 12.1. The van der Waals surface area contributed by atoms with Crippen molar-refractivity contribution in [2.24, 2.45) is 0 Å². The molecule has 4 heteroatoms. The standard InChI is InChI=1S/C23H33NO3/c25-23(24-16-10-7-11-17-24)13-9-6-4-2-1-3-5-8-12-20-14-15-21-22(18-20)27-19-26-21/h8,12,14-15,18H,1-7,9-11,13,16-17,19H2/b12-8+. The van der Waals surface area contributed by atoms with Crippen LogP contribution in [0, 0.1) is 0 Å². The molecule has 1 amide bonds. The molecule has 0 atom stereocenters. The van der Waals surface area contributed by atoms with Gasteiger partial charge in [-0.1, -0.05) is 43.9 Å². The van der Waals surface area contributed by atoms with Crippen LogP contribution in [0.4, 0.5) is 0 Å². The molecule has 148 valence electrons. The Labute approximate surface area is 163 Å². The number of carbonyl (C=O) groups excluding carboxylic acids is 1. The number of hydrogen-bond acceptors (Lipinski definition) is 3. The van der Waals surface area contributed by atoms with Crippen LogP contribution in [0.2, 0.25) is 0 Å². The van der Waals surface area contributed by atoms with E-state index in [1.165, 1.54) is 51.4 Å². The number of amides is 1. The Bertz CT molecular complexity index is 620. The van der Waals surface area contributed by atoms with Gasteiger partial charge in [0.05, 0.1) is 0 Å². The molecule has 1 saturated heterocycles. The van der Waals surface area contributed by atoms with Crippen molar-refractivity contribution in [2.75, 3.05) is 19.9 Å². The number of unbranched alkanes of at least 4 members (excludes halogenated alkanes) is 6. The summed E-state index contributed by atoms with van der Waals surface area (Å²) < 4.78 is 10.7. The number of rotatable bonds is 10. The molecule has 0 bridgehead atoms. The van der Waals surface area contributed by atoms with Crippen LogP contribution < -0.4 is 9.47 Å². The van der Waals surface area contributed by atoms with Crippen molar-refractivity contribution in [3.63, 3.8) is 0 Å². The van der Waals surface area contributed by atoms with Crippen LogP contribution in [0.5, 0.6) is 11.5 Å². The average molecular weight is 372 g/mol. The molecule has 0 aliphatic carbocycles. The Kier molecular flexibility index (Phi) is 8.06. The summed E-state index contributed by atoms with van der Waals surface area (Å²) in [5, 5.41) is 0. The molecule has 2 aliphatic rings. The van der Waals surface area contributed by atoms with Crippen LogP contribution in [0.15, 0.2) is 24.3 Å². The molecule has 2 aliphatic heterocycles. The zero-order valence-electron chi connectivity index (χ0n) is 16.5. The highest BCUT2D eigenvalue weighted by molar-refractivity contribution is 5.76. The van der Waals surface area contributed by atoms with Gasteiger partial charge in [-0.3, -0.25) is 4.79 Å². The second-order valence-electron chi connectivity index (χ2n) is 7.62. The fourth-order valence-corrected chi connectivity index (χ4v) is 3.78. The second kappa shape index (κ2) is 11.0. The smallest absolute Gasteiger partial charge is 0.231 e. The van der Waals surface area contributed by atoms with E-state index in [4.69, 9.17) is 9.47 Å². The number of nitrogens with zero attached hydrogens (tertiary/aromatic N) is 1. The number of fused-ring (bicyclic) bond motifs is 1. The van der Waals surface area contributed by atoms with Crippen molar-refractivity contribution in [3.8, 4) is 11.5 Å². The predicted octanol–water partition coefficient (Wildman–Crippen LogP) is 5.56. The number of allylic oxidation sites excluding steroid dienone is 1. The summed E-state index contributed by atoms with van der Waals surface area (Å²) in [4.78, 5) is 14.2. The quantitative estimate of drug-likeness (QED) is 0.505. The zero-order chi connectivity index (χ0) is 18.7. The summed E-state index contributed by atoms with van der Waals surface area (Å²) in [5.74, 6) is 2.06. The van der Waals surface area contributed by atoms with Crippen LogP contribution in [0.1, 0.15) is 76.2 Å². The Balaban J connectivity index is 1.17. The Morgan fingerprint density at radius 3 is 2.52 bits per heavy atom. The van der Waals surface area contributed by atoms with E-state index in [9.17, 15) is 4.79 Å². The van der Waals surface area contributed by atoms with E-state index < -0.39 is 0 Å². The van der Waals surface area contributed by atoms with E-state index >= 15 is 0 Å². The Morgan fingerprint density at radius 1 is 0.926 bits per heavy atom. The molecule has 0 radical (unpaired) electrons. The average Bonchev–Trinajstić information content (AvgIpc) is 3.17. The third-order valence-corrected chi connectivity index (χ3v) is 5.43. The van der Waals surface area contributed by atoms with E-state index in [1.54, 1.807) is 0 Å². The molecule has 3 rings (SSSR count). The molecule has 4 nitrogen and oxygen atoms in total. The van der Waals surface area contributed by atoms with Crippen molar-refractivity contribution < 1.29 is 14.3 Å². The highest BCUT2D eigenvalue weighted by Crippen LogP contribution is 2.32. The lowest BCUT2D eigenvalue weighted by atomic mass is 10.1. The summed E-state index contributed by atoms with van der Waals surface area (Å²) in [6, 6.07) is 6.07. The van der Waals surface area contributed by atoms with Gasteiger partial charge in [0.1, 0.15) is 0 Å². The molecule has 0 spiro atoms. The first kappa shape index (κ1) is 19.8. The number of ether oxygens (including phenoxy) is 2. The van der Waals surface area contributed by atoms with Gasteiger partial charge in [-0.05, 0) is 56.2 Å². The first-order valence-electron chi connectivity index (χ1n) is 10.7. The van der Waals surface area contributed by atoms with Gasteiger partial charge in [0.15, 0.2) is 11.5 Å². The van der Waals surface area contributed by atoms with Crippen LogP contribution >= 0.6 is 0 Å². The van der Waals surface area contributed by atoms with Crippen LogP contribution in [0.25, 0.3) is 6.08 Å². The first-order chi connectivity index (χ1) is 13.3. The lowest BCUT2D eigenvalue weighted by Crippen LogP contribution is -2.35. The van der Waals surface area contributed by atoms with Gasteiger partial charge >= 0.3 is 0 Å². The first-order valence-corrected chi connectivity index (χ1v) is 10.7. The third-order valence-electron chi connectivity index (χ3n) is 5.43. The van der Waals surface area contributed by atoms with Gasteiger partial charge in [0.25, 0.3) is 0 Å². The number of hydrogen-bond donors (Lipinski definition) is 0. The lowest BCUT2D eigenvalue weighted by molar-refractivity contribution is -0.132. The minimum absolute atomic E-state index is 0.328. The Hall–Kier alpha value is -1.97. The van der Waals surface area contributed by atoms with Gasteiger partial charge in [-0.2, -0.15) is 0 Å². The van der Waals surface area contributed by atoms with Crippen LogP contribution in [0.3, 0.4) is 0 Å². The van der Waals surface area contributed by atoms with Crippen molar-refractivity contribution in [1.29, 1.82) is 0 Å². The molecule has 2 heterocycles. The lowest BCUT2D eigenvalue weighted by Gasteiger charge is -2.26. The minimum Gasteiger partial charge on any atom is -0.454 e. The maximum absolute atomic E-state index is 12.1. The van der Waals surface area contributed by atoms with Crippen molar-refractivity contribution in [3.05, 3.63) is 29.8 Å². The highest BCUT2D eigenvalue weighted by Gasteiger charge is 2.15. The SMILES string of the molecule is O=C(CCCCCCCC/C=C/c1ccc2c(c1)OCO2)N1CCCCC1. The zero-order valence-corrected chi connectivity index (χ0v) is 16.5. The molecule has 0 unspecified atom stereocenters. The number of piperidine rings is 1. The van der Waals surface area contributed by atoms with E-state index in [0.717, 1.165) is 49.4 Å².